The summed E-state index contributed by atoms with van der Waals surface area (Å²) in [6.45, 7) is 5.63. The van der Waals surface area contributed by atoms with Crippen molar-refractivity contribution in [1.29, 1.82) is 0 Å². The van der Waals surface area contributed by atoms with Crippen LogP contribution in [0, 0.1) is 11.6 Å². The van der Waals surface area contributed by atoms with Crippen LogP contribution in [0.15, 0.2) is 36.4 Å². The van der Waals surface area contributed by atoms with E-state index in [0.29, 0.717) is 17.7 Å². The van der Waals surface area contributed by atoms with Gasteiger partial charge in [0, 0.05) is 5.56 Å². The molecule has 2 rings (SSSR count). The fourth-order valence-electron chi connectivity index (χ4n) is 2.13. The first-order chi connectivity index (χ1) is 11.6. The van der Waals surface area contributed by atoms with E-state index in [1.165, 1.54) is 0 Å². The van der Waals surface area contributed by atoms with E-state index in [1.54, 1.807) is 12.1 Å². The van der Waals surface area contributed by atoms with Crippen molar-refractivity contribution in [2.75, 3.05) is 6.61 Å². The largest absolute Gasteiger partial charge is 0.454 e. The molecule has 0 spiro atoms. The summed E-state index contributed by atoms with van der Waals surface area (Å²) in [5.41, 5.74) is 1.07. The van der Waals surface area contributed by atoms with E-state index < -0.39 is 30.0 Å². The topological polar surface area (TPSA) is 43.4 Å². The van der Waals surface area contributed by atoms with Crippen LogP contribution in [-0.2, 0) is 10.2 Å². The lowest BCUT2D eigenvalue weighted by molar-refractivity contribution is 0.0474. The second-order valence-electron chi connectivity index (χ2n) is 6.57. The molecule has 25 heavy (non-hydrogen) atoms. The minimum absolute atomic E-state index is 0.0442. The highest BCUT2D eigenvalue weighted by atomic mass is 35.5. The van der Waals surface area contributed by atoms with Crippen molar-refractivity contribution >= 4 is 23.4 Å². The monoisotopic (exact) mass is 366 g/mol. The van der Waals surface area contributed by atoms with Crippen LogP contribution in [0.1, 0.15) is 47.1 Å². The number of ketones is 1. The molecule has 0 N–H and O–H groups in total. The van der Waals surface area contributed by atoms with E-state index >= 15 is 0 Å². The smallest absolute Gasteiger partial charge is 0.340 e. The van der Waals surface area contributed by atoms with Crippen LogP contribution in [0.4, 0.5) is 8.78 Å². The summed E-state index contributed by atoms with van der Waals surface area (Å²) in [5.74, 6) is -3.80. The predicted molar refractivity (Wildman–Crippen MR) is 91.1 cm³/mol. The Hall–Kier alpha value is -2.27. The van der Waals surface area contributed by atoms with Crippen LogP contribution in [0.25, 0.3) is 0 Å². The van der Waals surface area contributed by atoms with E-state index in [-0.39, 0.29) is 16.0 Å². The van der Waals surface area contributed by atoms with Crippen LogP contribution in [0.3, 0.4) is 0 Å². The molecule has 0 unspecified atom stereocenters. The molecule has 0 heterocycles. The molecular formula is C19H17ClF2O3. The number of halogens is 3. The van der Waals surface area contributed by atoms with Gasteiger partial charge in [0.05, 0.1) is 10.6 Å². The highest BCUT2D eigenvalue weighted by Crippen LogP contribution is 2.23. The van der Waals surface area contributed by atoms with Gasteiger partial charge in [-0.25, -0.2) is 13.6 Å². The summed E-state index contributed by atoms with van der Waals surface area (Å²) in [4.78, 5) is 24.0. The number of carbonyl (C=O) groups is 2. The molecule has 2 aromatic carbocycles. The van der Waals surface area contributed by atoms with Gasteiger partial charge < -0.3 is 4.74 Å². The highest BCUT2D eigenvalue weighted by Gasteiger charge is 2.18. The minimum Gasteiger partial charge on any atom is -0.454 e. The summed E-state index contributed by atoms with van der Waals surface area (Å²) in [6, 6.07) is 8.30. The Balaban J connectivity index is 2.05. The lowest BCUT2D eigenvalue weighted by Crippen LogP contribution is -2.16. The van der Waals surface area contributed by atoms with Gasteiger partial charge in [0.2, 0.25) is 0 Å². The fraction of sp³-hybridized carbons (Fsp3) is 0.263. The van der Waals surface area contributed by atoms with Crippen LogP contribution in [-0.4, -0.2) is 18.4 Å². The third-order valence-electron chi connectivity index (χ3n) is 3.64. The summed E-state index contributed by atoms with van der Waals surface area (Å²) in [7, 11) is 0. The summed E-state index contributed by atoms with van der Waals surface area (Å²) >= 11 is 5.70. The average molecular weight is 367 g/mol. The zero-order valence-electron chi connectivity index (χ0n) is 14.0. The van der Waals surface area contributed by atoms with E-state index in [4.69, 9.17) is 16.3 Å². The molecule has 0 amide bonds. The highest BCUT2D eigenvalue weighted by molar-refractivity contribution is 6.33. The lowest BCUT2D eigenvalue weighted by Gasteiger charge is -2.18. The van der Waals surface area contributed by atoms with Crippen LogP contribution < -0.4 is 0 Å². The molecule has 0 saturated heterocycles. The van der Waals surface area contributed by atoms with Gasteiger partial charge in [0.25, 0.3) is 0 Å². The quantitative estimate of drug-likeness (QED) is 0.436. The third kappa shape index (κ3) is 4.63. The van der Waals surface area contributed by atoms with Gasteiger partial charge in [0.1, 0.15) is 0 Å². The van der Waals surface area contributed by atoms with Crippen molar-refractivity contribution in [3.63, 3.8) is 0 Å². The minimum atomic E-state index is -1.22. The standard InChI is InChI=1S/C19H17ClF2O3/c1-19(2,3)12-6-4-11(5-7-12)17(23)10-25-18(24)13-8-15(21)16(22)9-14(13)20/h4-9H,10H2,1-3H3. The van der Waals surface area contributed by atoms with E-state index in [9.17, 15) is 18.4 Å². The number of ether oxygens (including phenoxy) is 1. The number of benzene rings is 2. The number of Topliss-reactive ketones (excluding diaryl/α,β-unsaturated/α-hetero) is 1. The third-order valence-corrected chi connectivity index (χ3v) is 3.95. The average Bonchev–Trinajstić information content (AvgIpc) is 2.55. The van der Waals surface area contributed by atoms with E-state index in [1.807, 2.05) is 12.1 Å². The fourth-order valence-corrected chi connectivity index (χ4v) is 2.35. The lowest BCUT2D eigenvalue weighted by atomic mass is 9.86. The van der Waals surface area contributed by atoms with Gasteiger partial charge in [-0.05, 0) is 23.1 Å². The maximum atomic E-state index is 13.2. The molecule has 2 aromatic rings. The normalized spacial score (nSPS) is 11.3. The maximum Gasteiger partial charge on any atom is 0.340 e. The van der Waals surface area contributed by atoms with Gasteiger partial charge in [-0.1, -0.05) is 56.6 Å². The number of carbonyl (C=O) groups excluding carboxylic acids is 2. The molecule has 132 valence electrons. The zero-order valence-corrected chi connectivity index (χ0v) is 14.8. The summed E-state index contributed by atoms with van der Waals surface area (Å²) in [5, 5.41) is -0.286. The summed E-state index contributed by atoms with van der Waals surface area (Å²) in [6.07, 6.45) is 0. The first kappa shape index (κ1) is 19.1. The number of rotatable bonds is 4. The van der Waals surface area contributed by atoms with Gasteiger partial charge in [-0.15, -0.1) is 0 Å². The zero-order chi connectivity index (χ0) is 18.8. The molecule has 0 bridgehead atoms. The van der Waals surface area contributed by atoms with Crippen LogP contribution in [0.2, 0.25) is 5.02 Å². The van der Waals surface area contributed by atoms with Crippen molar-refractivity contribution in [2.45, 2.75) is 26.2 Å². The second-order valence-corrected chi connectivity index (χ2v) is 6.98. The van der Waals surface area contributed by atoms with Crippen molar-refractivity contribution in [3.05, 3.63) is 69.7 Å². The van der Waals surface area contributed by atoms with Gasteiger partial charge in [-0.2, -0.15) is 0 Å². The summed E-state index contributed by atoms with van der Waals surface area (Å²) < 4.78 is 31.1. The van der Waals surface area contributed by atoms with Crippen molar-refractivity contribution in [1.82, 2.24) is 0 Å². The molecule has 3 nitrogen and oxygen atoms in total. The van der Waals surface area contributed by atoms with E-state index in [2.05, 4.69) is 20.8 Å². The Morgan fingerprint density at radius 3 is 2.16 bits per heavy atom. The van der Waals surface area contributed by atoms with Gasteiger partial charge >= 0.3 is 5.97 Å². The number of hydrogen-bond donors (Lipinski definition) is 0. The Labute approximate surface area is 149 Å². The molecule has 0 fully saturated rings. The van der Waals surface area contributed by atoms with Gasteiger partial charge in [0.15, 0.2) is 24.0 Å². The molecule has 0 atom stereocenters. The van der Waals surface area contributed by atoms with Crippen LogP contribution in [0.5, 0.6) is 0 Å². The van der Waals surface area contributed by atoms with E-state index in [0.717, 1.165) is 5.56 Å². The molecule has 0 aromatic heterocycles. The Bertz CT molecular complexity index is 809. The van der Waals surface area contributed by atoms with Crippen molar-refractivity contribution in [3.8, 4) is 0 Å². The van der Waals surface area contributed by atoms with Crippen LogP contribution >= 0.6 is 11.6 Å². The Morgan fingerprint density at radius 1 is 1.04 bits per heavy atom. The number of hydrogen-bond acceptors (Lipinski definition) is 3. The number of esters is 1. The molecule has 0 aliphatic carbocycles. The van der Waals surface area contributed by atoms with Crippen molar-refractivity contribution in [2.24, 2.45) is 0 Å². The molecule has 0 saturated carbocycles. The Morgan fingerprint density at radius 2 is 1.60 bits per heavy atom. The molecule has 0 aliphatic rings. The molecular weight excluding hydrogens is 350 g/mol. The first-order valence-corrected chi connectivity index (χ1v) is 7.93. The molecule has 6 heteroatoms. The molecule has 0 radical (unpaired) electrons. The van der Waals surface area contributed by atoms with Crippen molar-refractivity contribution < 1.29 is 23.1 Å². The predicted octanol–water partition coefficient (Wildman–Crippen LogP) is 4.96. The maximum absolute atomic E-state index is 13.2. The SMILES string of the molecule is CC(C)(C)c1ccc(C(=O)COC(=O)c2cc(F)c(F)cc2Cl)cc1. The Kier molecular flexibility index (Phi) is 5.58. The second kappa shape index (κ2) is 7.31. The van der Waals surface area contributed by atoms with Gasteiger partial charge in [-0.3, -0.25) is 4.79 Å². The molecule has 0 aliphatic heterocycles. The first-order valence-electron chi connectivity index (χ1n) is 7.55.